The van der Waals surface area contributed by atoms with E-state index in [1.54, 1.807) is 36.4 Å². The van der Waals surface area contributed by atoms with Gasteiger partial charge in [0.2, 0.25) is 0 Å². The molecular formula is C15H11ClN2O. The second kappa shape index (κ2) is 6.03. The van der Waals surface area contributed by atoms with Crippen molar-refractivity contribution in [3.63, 3.8) is 0 Å². The Morgan fingerprint density at radius 2 is 1.74 bits per heavy atom. The van der Waals surface area contributed by atoms with Crippen LogP contribution < -0.4 is 5.32 Å². The Balaban J connectivity index is 2.19. The van der Waals surface area contributed by atoms with Crippen molar-refractivity contribution in [1.29, 1.82) is 5.26 Å². The van der Waals surface area contributed by atoms with Gasteiger partial charge in [0.25, 0.3) is 5.91 Å². The summed E-state index contributed by atoms with van der Waals surface area (Å²) in [6.07, 6.45) is 0. The van der Waals surface area contributed by atoms with Crippen LogP contribution in [0.1, 0.15) is 22.0 Å². The highest BCUT2D eigenvalue weighted by Gasteiger charge is 2.16. The lowest BCUT2D eigenvalue weighted by Crippen LogP contribution is -2.27. The highest BCUT2D eigenvalue weighted by atomic mass is 35.5. The highest BCUT2D eigenvalue weighted by molar-refractivity contribution is 6.33. The summed E-state index contributed by atoms with van der Waals surface area (Å²) in [5.41, 5.74) is 1.10. The number of rotatable bonds is 3. The van der Waals surface area contributed by atoms with Gasteiger partial charge in [-0.1, -0.05) is 54.1 Å². The number of halogens is 1. The lowest BCUT2D eigenvalue weighted by Gasteiger charge is -2.12. The third-order valence-corrected chi connectivity index (χ3v) is 2.99. The van der Waals surface area contributed by atoms with E-state index in [0.717, 1.165) is 5.56 Å². The Kier molecular flexibility index (Phi) is 4.17. The van der Waals surface area contributed by atoms with E-state index < -0.39 is 6.04 Å². The van der Waals surface area contributed by atoms with Crippen molar-refractivity contribution in [3.05, 3.63) is 70.7 Å². The minimum atomic E-state index is -0.690. The maximum atomic E-state index is 12.1. The molecule has 0 radical (unpaired) electrons. The number of benzene rings is 2. The molecule has 2 aromatic carbocycles. The van der Waals surface area contributed by atoms with Crippen molar-refractivity contribution in [3.8, 4) is 6.07 Å². The van der Waals surface area contributed by atoms with E-state index in [1.165, 1.54) is 0 Å². The normalized spacial score (nSPS) is 11.4. The van der Waals surface area contributed by atoms with Gasteiger partial charge in [-0.2, -0.15) is 5.26 Å². The third-order valence-electron chi connectivity index (χ3n) is 2.66. The Hall–Kier alpha value is -2.31. The zero-order valence-electron chi connectivity index (χ0n) is 10.0. The topological polar surface area (TPSA) is 52.9 Å². The summed E-state index contributed by atoms with van der Waals surface area (Å²) in [7, 11) is 0. The zero-order valence-corrected chi connectivity index (χ0v) is 10.8. The molecule has 1 unspecified atom stereocenters. The van der Waals surface area contributed by atoms with Crippen molar-refractivity contribution in [2.45, 2.75) is 6.04 Å². The molecule has 0 saturated heterocycles. The molecule has 0 aliphatic carbocycles. The van der Waals surface area contributed by atoms with E-state index in [-0.39, 0.29) is 5.91 Å². The highest BCUT2D eigenvalue weighted by Crippen LogP contribution is 2.17. The summed E-state index contributed by atoms with van der Waals surface area (Å²) in [4.78, 5) is 12.1. The van der Waals surface area contributed by atoms with Crippen molar-refractivity contribution in [2.24, 2.45) is 0 Å². The smallest absolute Gasteiger partial charge is 0.254 e. The molecule has 3 nitrogen and oxygen atoms in total. The van der Waals surface area contributed by atoms with Gasteiger partial charge in [-0.15, -0.1) is 0 Å². The molecular weight excluding hydrogens is 260 g/mol. The summed E-state index contributed by atoms with van der Waals surface area (Å²) in [5, 5.41) is 12.2. The van der Waals surface area contributed by atoms with Crippen LogP contribution in [-0.4, -0.2) is 5.91 Å². The molecule has 4 heteroatoms. The van der Waals surface area contributed by atoms with Gasteiger partial charge in [0.1, 0.15) is 6.04 Å². The second-order valence-electron chi connectivity index (χ2n) is 3.93. The predicted molar refractivity (Wildman–Crippen MR) is 73.7 cm³/mol. The van der Waals surface area contributed by atoms with E-state index >= 15 is 0 Å². The maximum absolute atomic E-state index is 12.1. The van der Waals surface area contributed by atoms with Gasteiger partial charge in [-0.3, -0.25) is 4.79 Å². The number of carbonyl (C=O) groups is 1. The maximum Gasteiger partial charge on any atom is 0.254 e. The van der Waals surface area contributed by atoms with Crippen LogP contribution in [0.5, 0.6) is 0 Å². The fourth-order valence-electron chi connectivity index (χ4n) is 1.69. The average Bonchev–Trinajstić information content (AvgIpc) is 2.46. The lowest BCUT2D eigenvalue weighted by molar-refractivity contribution is 0.0945. The second-order valence-corrected chi connectivity index (χ2v) is 4.33. The van der Waals surface area contributed by atoms with Gasteiger partial charge in [-0.05, 0) is 17.7 Å². The van der Waals surface area contributed by atoms with Gasteiger partial charge < -0.3 is 5.32 Å². The number of amides is 1. The minimum absolute atomic E-state index is 0.360. The number of hydrogen-bond acceptors (Lipinski definition) is 2. The standard InChI is InChI=1S/C15H11ClN2O/c16-13-9-5-4-8-12(13)15(19)18-14(10-17)11-6-2-1-3-7-11/h1-9,14H,(H,18,19). The van der Waals surface area contributed by atoms with Crippen LogP contribution in [0, 0.1) is 11.3 Å². The van der Waals surface area contributed by atoms with E-state index in [1.807, 2.05) is 18.2 Å². The van der Waals surface area contributed by atoms with Crippen molar-refractivity contribution in [1.82, 2.24) is 5.32 Å². The van der Waals surface area contributed by atoms with E-state index in [4.69, 9.17) is 16.9 Å². The third kappa shape index (κ3) is 3.12. The van der Waals surface area contributed by atoms with E-state index in [0.29, 0.717) is 10.6 Å². The van der Waals surface area contributed by atoms with Crippen molar-refractivity contribution in [2.75, 3.05) is 0 Å². The molecule has 0 aliphatic rings. The number of nitriles is 1. The first-order valence-electron chi connectivity index (χ1n) is 5.72. The Morgan fingerprint density at radius 3 is 2.37 bits per heavy atom. The van der Waals surface area contributed by atoms with Crippen LogP contribution in [0.4, 0.5) is 0 Å². The number of nitrogens with one attached hydrogen (secondary N) is 1. The van der Waals surface area contributed by atoms with Gasteiger partial charge >= 0.3 is 0 Å². The van der Waals surface area contributed by atoms with Gasteiger partial charge in [-0.25, -0.2) is 0 Å². The first-order chi connectivity index (χ1) is 9.22. The molecule has 1 amide bonds. The Morgan fingerprint density at radius 1 is 1.11 bits per heavy atom. The Labute approximate surface area is 116 Å². The van der Waals surface area contributed by atoms with Crippen LogP contribution in [0.3, 0.4) is 0 Å². The molecule has 19 heavy (non-hydrogen) atoms. The monoisotopic (exact) mass is 270 g/mol. The summed E-state index contributed by atoms with van der Waals surface area (Å²) >= 11 is 5.95. The van der Waals surface area contributed by atoms with Gasteiger partial charge in [0, 0.05) is 0 Å². The molecule has 2 rings (SSSR count). The molecule has 0 aliphatic heterocycles. The number of hydrogen-bond donors (Lipinski definition) is 1. The quantitative estimate of drug-likeness (QED) is 0.930. The zero-order chi connectivity index (χ0) is 13.7. The summed E-state index contributed by atoms with van der Waals surface area (Å²) < 4.78 is 0. The number of nitrogens with zero attached hydrogens (tertiary/aromatic N) is 1. The largest absolute Gasteiger partial charge is 0.332 e. The average molecular weight is 271 g/mol. The fourth-order valence-corrected chi connectivity index (χ4v) is 1.91. The minimum Gasteiger partial charge on any atom is -0.332 e. The molecule has 2 aromatic rings. The first kappa shape index (κ1) is 13.1. The Bertz CT molecular complexity index is 620. The van der Waals surface area contributed by atoms with Crippen LogP contribution in [0.2, 0.25) is 5.02 Å². The van der Waals surface area contributed by atoms with Crippen LogP contribution in [0.15, 0.2) is 54.6 Å². The van der Waals surface area contributed by atoms with Crippen LogP contribution >= 0.6 is 11.6 Å². The van der Waals surface area contributed by atoms with Crippen molar-refractivity contribution >= 4 is 17.5 Å². The molecule has 0 fully saturated rings. The van der Waals surface area contributed by atoms with Crippen molar-refractivity contribution < 1.29 is 4.79 Å². The van der Waals surface area contributed by atoms with E-state index in [9.17, 15) is 4.79 Å². The SMILES string of the molecule is N#CC(NC(=O)c1ccccc1Cl)c1ccccc1. The molecule has 1 atom stereocenters. The van der Waals surface area contributed by atoms with Crippen LogP contribution in [-0.2, 0) is 0 Å². The molecule has 94 valence electrons. The predicted octanol–water partition coefficient (Wildman–Crippen LogP) is 3.33. The van der Waals surface area contributed by atoms with Crippen LogP contribution in [0.25, 0.3) is 0 Å². The number of carbonyl (C=O) groups excluding carboxylic acids is 1. The van der Waals surface area contributed by atoms with Gasteiger partial charge in [0.05, 0.1) is 16.7 Å². The molecule has 0 aromatic heterocycles. The fraction of sp³-hybridized carbons (Fsp3) is 0.0667. The van der Waals surface area contributed by atoms with E-state index in [2.05, 4.69) is 11.4 Å². The first-order valence-corrected chi connectivity index (χ1v) is 6.10. The summed E-state index contributed by atoms with van der Waals surface area (Å²) in [6.45, 7) is 0. The van der Waals surface area contributed by atoms with Gasteiger partial charge in [0.15, 0.2) is 0 Å². The summed E-state index contributed by atoms with van der Waals surface area (Å²) in [5.74, 6) is -0.360. The molecule has 0 spiro atoms. The molecule has 0 bridgehead atoms. The molecule has 1 N–H and O–H groups in total. The molecule has 0 saturated carbocycles. The molecule has 0 heterocycles. The summed E-state index contributed by atoms with van der Waals surface area (Å²) in [6, 6.07) is 17.2. The lowest BCUT2D eigenvalue weighted by atomic mass is 10.1.